The Bertz CT molecular complexity index is 874. The van der Waals surface area contributed by atoms with Crippen LogP contribution >= 0.6 is 0 Å². The molecule has 5 nitrogen and oxygen atoms in total. The van der Waals surface area contributed by atoms with Crippen molar-refractivity contribution < 1.29 is 28.1 Å². The second-order valence-electron chi connectivity index (χ2n) is 8.02. The number of methoxy groups -OCH3 is 3. The van der Waals surface area contributed by atoms with E-state index in [-0.39, 0.29) is 11.8 Å². The van der Waals surface area contributed by atoms with Gasteiger partial charge in [0.15, 0.2) is 0 Å². The minimum absolute atomic E-state index is 0.220. The van der Waals surface area contributed by atoms with Gasteiger partial charge in [-0.05, 0) is 73.9 Å². The van der Waals surface area contributed by atoms with Gasteiger partial charge in [0, 0.05) is 19.1 Å². The molecule has 0 spiro atoms. The maximum Gasteiger partial charge on any atom is 0.305 e. The number of carbonyl (C=O) groups excluding carboxylic acids is 1. The predicted molar refractivity (Wildman–Crippen MR) is 116 cm³/mol. The van der Waals surface area contributed by atoms with E-state index in [0.29, 0.717) is 36.7 Å². The SMILES string of the molecule is COC(=O)CCc1cccc(OCC2CCC(OC)(c3cc(OC)ccc3F)CC2)c1. The van der Waals surface area contributed by atoms with E-state index in [0.717, 1.165) is 37.0 Å². The number of aryl methyl sites for hydroxylation is 1. The fourth-order valence-corrected chi connectivity index (χ4v) is 4.23. The largest absolute Gasteiger partial charge is 0.497 e. The van der Waals surface area contributed by atoms with Gasteiger partial charge in [-0.2, -0.15) is 0 Å². The molecule has 0 heterocycles. The lowest BCUT2D eigenvalue weighted by molar-refractivity contribution is -0.140. The molecule has 0 N–H and O–H groups in total. The third-order valence-corrected chi connectivity index (χ3v) is 6.20. The zero-order valence-electron chi connectivity index (χ0n) is 18.5. The van der Waals surface area contributed by atoms with Crippen molar-refractivity contribution in [3.8, 4) is 11.5 Å². The van der Waals surface area contributed by atoms with Gasteiger partial charge in [-0.1, -0.05) is 12.1 Å². The molecule has 6 heteroatoms. The highest BCUT2D eigenvalue weighted by Gasteiger charge is 2.39. The number of ether oxygens (including phenoxy) is 4. The Kier molecular flexibility index (Phi) is 7.91. The van der Waals surface area contributed by atoms with E-state index in [9.17, 15) is 9.18 Å². The number of carbonyl (C=O) groups is 1. The molecule has 0 radical (unpaired) electrons. The molecule has 31 heavy (non-hydrogen) atoms. The standard InChI is InChI=1S/C25H31FO5/c1-28-20-8-9-23(26)22(16-20)25(30-3)13-11-19(12-14-25)17-31-21-6-4-5-18(15-21)7-10-24(27)29-2/h4-6,8-9,15-16,19H,7,10-14,17H2,1-3H3. The molecule has 3 rings (SSSR count). The van der Waals surface area contributed by atoms with Crippen molar-refractivity contribution in [3.63, 3.8) is 0 Å². The summed E-state index contributed by atoms with van der Waals surface area (Å²) < 4.78 is 36.4. The van der Waals surface area contributed by atoms with Gasteiger partial charge in [-0.25, -0.2) is 4.39 Å². The van der Waals surface area contributed by atoms with Gasteiger partial charge in [0.2, 0.25) is 0 Å². The Morgan fingerprint density at radius 1 is 1.06 bits per heavy atom. The monoisotopic (exact) mass is 430 g/mol. The maximum atomic E-state index is 14.6. The summed E-state index contributed by atoms with van der Waals surface area (Å²) in [6, 6.07) is 12.6. The van der Waals surface area contributed by atoms with Gasteiger partial charge in [-0.15, -0.1) is 0 Å². The molecule has 1 aliphatic rings. The third-order valence-electron chi connectivity index (χ3n) is 6.20. The molecular formula is C25H31FO5. The molecule has 1 saturated carbocycles. The van der Waals surface area contributed by atoms with Gasteiger partial charge in [0.05, 0.1) is 26.4 Å². The quantitative estimate of drug-likeness (QED) is 0.521. The van der Waals surface area contributed by atoms with Crippen molar-refractivity contribution in [2.75, 3.05) is 27.9 Å². The van der Waals surface area contributed by atoms with Crippen LogP contribution < -0.4 is 9.47 Å². The van der Waals surface area contributed by atoms with Crippen LogP contribution in [0.25, 0.3) is 0 Å². The first-order valence-corrected chi connectivity index (χ1v) is 10.7. The molecule has 2 aromatic carbocycles. The molecule has 0 atom stereocenters. The van der Waals surface area contributed by atoms with Crippen molar-refractivity contribution in [3.05, 3.63) is 59.4 Å². The summed E-state index contributed by atoms with van der Waals surface area (Å²) in [4.78, 5) is 11.3. The van der Waals surface area contributed by atoms with Gasteiger partial charge >= 0.3 is 5.97 Å². The van der Waals surface area contributed by atoms with E-state index in [1.165, 1.54) is 13.2 Å². The molecule has 0 aliphatic heterocycles. The molecule has 1 fully saturated rings. The lowest BCUT2D eigenvalue weighted by Crippen LogP contribution is -2.36. The van der Waals surface area contributed by atoms with Crippen molar-refractivity contribution in [1.29, 1.82) is 0 Å². The van der Waals surface area contributed by atoms with E-state index in [1.54, 1.807) is 26.4 Å². The summed E-state index contributed by atoms with van der Waals surface area (Å²) in [6.45, 7) is 0.598. The van der Waals surface area contributed by atoms with Crippen LogP contribution in [0.1, 0.15) is 43.2 Å². The lowest BCUT2D eigenvalue weighted by Gasteiger charge is -2.39. The van der Waals surface area contributed by atoms with E-state index < -0.39 is 5.60 Å². The van der Waals surface area contributed by atoms with Crippen LogP contribution in [-0.2, 0) is 26.3 Å². The lowest BCUT2D eigenvalue weighted by atomic mass is 9.75. The summed E-state index contributed by atoms with van der Waals surface area (Å²) in [7, 11) is 4.62. The third kappa shape index (κ3) is 5.76. The van der Waals surface area contributed by atoms with E-state index in [1.807, 2.05) is 24.3 Å². The van der Waals surface area contributed by atoms with Crippen LogP contribution in [0.4, 0.5) is 4.39 Å². The summed E-state index contributed by atoms with van der Waals surface area (Å²) in [6.07, 6.45) is 4.18. The van der Waals surface area contributed by atoms with Crippen LogP contribution in [0.3, 0.4) is 0 Å². The Balaban J connectivity index is 1.57. The number of hydrogen-bond acceptors (Lipinski definition) is 5. The zero-order valence-corrected chi connectivity index (χ0v) is 18.5. The topological polar surface area (TPSA) is 54.0 Å². The predicted octanol–water partition coefficient (Wildman–Crippen LogP) is 5.05. The number of rotatable bonds is 9. The first-order valence-electron chi connectivity index (χ1n) is 10.7. The van der Waals surface area contributed by atoms with Gasteiger partial charge < -0.3 is 18.9 Å². The average Bonchev–Trinajstić information content (AvgIpc) is 2.82. The Labute approximate surface area is 183 Å². The molecule has 0 saturated heterocycles. The Morgan fingerprint density at radius 2 is 1.84 bits per heavy atom. The number of benzene rings is 2. The van der Waals surface area contributed by atoms with Crippen LogP contribution in [0.5, 0.6) is 11.5 Å². The number of halogens is 1. The highest BCUT2D eigenvalue weighted by molar-refractivity contribution is 5.69. The second kappa shape index (κ2) is 10.6. The minimum atomic E-state index is -0.636. The summed E-state index contributed by atoms with van der Waals surface area (Å²) in [5.74, 6) is 1.31. The first kappa shape index (κ1) is 23.1. The van der Waals surface area contributed by atoms with Gasteiger partial charge in [0.1, 0.15) is 17.3 Å². The smallest absolute Gasteiger partial charge is 0.305 e. The van der Waals surface area contributed by atoms with Crippen LogP contribution in [0, 0.1) is 11.7 Å². The van der Waals surface area contributed by atoms with Crippen LogP contribution in [-0.4, -0.2) is 33.9 Å². The molecule has 2 aromatic rings. The first-order chi connectivity index (χ1) is 15.0. The zero-order chi connectivity index (χ0) is 22.3. The molecular weight excluding hydrogens is 399 g/mol. The minimum Gasteiger partial charge on any atom is -0.497 e. The molecule has 0 bridgehead atoms. The summed E-state index contributed by atoms with van der Waals surface area (Å²) >= 11 is 0. The maximum absolute atomic E-state index is 14.6. The fourth-order valence-electron chi connectivity index (χ4n) is 4.23. The molecule has 0 aromatic heterocycles. The van der Waals surface area contributed by atoms with Crippen LogP contribution in [0.15, 0.2) is 42.5 Å². The molecule has 168 valence electrons. The molecule has 0 amide bonds. The van der Waals surface area contributed by atoms with E-state index in [2.05, 4.69) is 0 Å². The van der Waals surface area contributed by atoms with Crippen molar-refractivity contribution >= 4 is 5.97 Å². The second-order valence-corrected chi connectivity index (χ2v) is 8.02. The Hall–Kier alpha value is -2.60. The van der Waals surface area contributed by atoms with Crippen molar-refractivity contribution in [1.82, 2.24) is 0 Å². The molecule has 0 unspecified atom stereocenters. The van der Waals surface area contributed by atoms with Crippen LogP contribution in [0.2, 0.25) is 0 Å². The Morgan fingerprint density at radius 3 is 2.52 bits per heavy atom. The van der Waals surface area contributed by atoms with Crippen molar-refractivity contribution in [2.24, 2.45) is 5.92 Å². The van der Waals surface area contributed by atoms with E-state index in [4.69, 9.17) is 18.9 Å². The number of esters is 1. The normalized spacial score (nSPS) is 20.8. The highest BCUT2D eigenvalue weighted by Crippen LogP contribution is 2.44. The summed E-state index contributed by atoms with van der Waals surface area (Å²) in [5, 5.41) is 0. The summed E-state index contributed by atoms with van der Waals surface area (Å²) in [5.41, 5.74) is 0.966. The van der Waals surface area contributed by atoms with Crippen molar-refractivity contribution in [2.45, 2.75) is 44.1 Å². The highest BCUT2D eigenvalue weighted by atomic mass is 19.1. The molecule has 1 aliphatic carbocycles. The van der Waals surface area contributed by atoms with E-state index >= 15 is 0 Å². The fraction of sp³-hybridized carbons (Fsp3) is 0.480. The number of hydrogen-bond donors (Lipinski definition) is 0. The average molecular weight is 431 g/mol. The van der Waals surface area contributed by atoms with Gasteiger partial charge in [0.25, 0.3) is 0 Å². The van der Waals surface area contributed by atoms with Gasteiger partial charge in [-0.3, -0.25) is 4.79 Å².